The first-order valence-corrected chi connectivity index (χ1v) is 12.1. The van der Waals surface area contributed by atoms with Gasteiger partial charge in [-0.3, -0.25) is 15.0 Å². The fourth-order valence-corrected chi connectivity index (χ4v) is 4.51. The molecular weight excluding hydrogens is 432 g/mol. The highest BCUT2D eigenvalue weighted by Crippen LogP contribution is 2.25. The maximum atomic E-state index is 13.3. The molecule has 0 aromatic heterocycles. The van der Waals surface area contributed by atoms with Crippen LogP contribution < -0.4 is 5.32 Å². The molecule has 0 saturated carbocycles. The molecule has 0 saturated heterocycles. The van der Waals surface area contributed by atoms with Crippen molar-refractivity contribution in [3.8, 4) is 0 Å². The highest BCUT2D eigenvalue weighted by molar-refractivity contribution is 5.77. The van der Waals surface area contributed by atoms with Crippen molar-refractivity contribution in [3.63, 3.8) is 0 Å². The molecule has 0 heterocycles. The monoisotopic (exact) mass is 468 g/mol. The molecular formula is C31H36N2O2. The zero-order valence-electron chi connectivity index (χ0n) is 20.6. The Labute approximate surface area is 209 Å². The number of hydrogen-bond acceptors (Lipinski definition) is 4. The minimum absolute atomic E-state index is 0.131. The van der Waals surface area contributed by atoms with Gasteiger partial charge in [-0.05, 0) is 29.5 Å². The molecule has 35 heavy (non-hydrogen) atoms. The number of esters is 1. The van der Waals surface area contributed by atoms with Crippen LogP contribution in [0.3, 0.4) is 0 Å². The number of nitrogens with zero attached hydrogens (tertiary/aromatic N) is 1. The number of carbonyl (C=O) groups excluding carboxylic acids is 1. The lowest BCUT2D eigenvalue weighted by Gasteiger charge is -2.37. The molecule has 3 aromatic carbocycles. The van der Waals surface area contributed by atoms with Gasteiger partial charge in [0.25, 0.3) is 0 Å². The topological polar surface area (TPSA) is 41.6 Å². The minimum atomic E-state index is -0.561. The Hall–Kier alpha value is -3.47. The van der Waals surface area contributed by atoms with Gasteiger partial charge < -0.3 is 4.74 Å². The first-order valence-electron chi connectivity index (χ1n) is 12.1. The van der Waals surface area contributed by atoms with Crippen LogP contribution in [0.2, 0.25) is 0 Å². The van der Waals surface area contributed by atoms with Gasteiger partial charge in [0.05, 0.1) is 13.2 Å². The average molecular weight is 469 g/mol. The van der Waals surface area contributed by atoms with Crippen LogP contribution in [-0.2, 0) is 16.0 Å². The van der Waals surface area contributed by atoms with Crippen molar-refractivity contribution in [2.75, 3.05) is 20.2 Å². The number of nitrogens with one attached hydrogen (secondary N) is 1. The second kappa shape index (κ2) is 14.1. The third-order valence-electron chi connectivity index (χ3n) is 6.22. The number of aryl methyl sites for hydroxylation is 1. The Morgan fingerprint density at radius 1 is 0.857 bits per heavy atom. The van der Waals surface area contributed by atoms with Gasteiger partial charge >= 0.3 is 5.97 Å². The third-order valence-corrected chi connectivity index (χ3v) is 6.22. The van der Waals surface area contributed by atoms with Crippen molar-refractivity contribution >= 4 is 5.97 Å². The number of methoxy groups -OCH3 is 1. The molecule has 2 atom stereocenters. The van der Waals surface area contributed by atoms with E-state index in [0.29, 0.717) is 13.1 Å². The standard InChI is InChI=1S/C31H36N2O2/c1-4-23-33(24-5-2)28(22-21-25-15-9-6-10-16-25)30(31(34)35-3)32-29(26-17-11-7-12-18-26)27-19-13-8-14-20-27/h4-20,28-30,32H,1-2,21-24H2,3H3/t28-,30-/m1/s1. The molecule has 0 fully saturated rings. The molecule has 0 aliphatic rings. The van der Waals surface area contributed by atoms with Gasteiger partial charge in [0, 0.05) is 19.1 Å². The number of rotatable bonds is 14. The van der Waals surface area contributed by atoms with E-state index in [9.17, 15) is 4.79 Å². The van der Waals surface area contributed by atoms with Gasteiger partial charge in [0.15, 0.2) is 0 Å². The van der Waals surface area contributed by atoms with Crippen LogP contribution in [0.5, 0.6) is 0 Å². The summed E-state index contributed by atoms with van der Waals surface area (Å²) in [5.74, 6) is -0.280. The van der Waals surface area contributed by atoms with Crippen LogP contribution in [0.25, 0.3) is 0 Å². The predicted molar refractivity (Wildman–Crippen MR) is 144 cm³/mol. The first-order chi connectivity index (χ1) is 17.2. The Balaban J connectivity index is 2.00. The number of hydrogen-bond donors (Lipinski definition) is 1. The third kappa shape index (κ3) is 7.51. The Morgan fingerprint density at radius 3 is 1.80 bits per heavy atom. The molecule has 0 spiro atoms. The first kappa shape index (κ1) is 26.1. The molecule has 3 rings (SSSR count). The van der Waals surface area contributed by atoms with Crippen molar-refractivity contribution in [2.24, 2.45) is 0 Å². The molecule has 0 bridgehead atoms. The van der Waals surface area contributed by atoms with E-state index in [1.807, 2.05) is 66.7 Å². The Morgan fingerprint density at radius 2 is 1.34 bits per heavy atom. The lowest BCUT2D eigenvalue weighted by Crippen LogP contribution is -2.55. The van der Waals surface area contributed by atoms with E-state index in [0.717, 1.165) is 24.0 Å². The summed E-state index contributed by atoms with van der Waals surface area (Å²) in [7, 11) is 1.46. The SMILES string of the molecule is C=CCN(CC=C)[C@H](CCc1ccccc1)[C@@H](NC(c1ccccc1)c1ccccc1)C(=O)OC. The highest BCUT2D eigenvalue weighted by atomic mass is 16.5. The summed E-state index contributed by atoms with van der Waals surface area (Å²) in [6.07, 6.45) is 5.36. The largest absolute Gasteiger partial charge is 0.468 e. The summed E-state index contributed by atoms with van der Waals surface area (Å²) in [5, 5.41) is 3.69. The lowest BCUT2D eigenvalue weighted by molar-refractivity contribution is -0.145. The molecule has 0 unspecified atom stereocenters. The smallest absolute Gasteiger partial charge is 0.324 e. The summed E-state index contributed by atoms with van der Waals surface area (Å²) in [6.45, 7) is 9.18. The summed E-state index contributed by atoms with van der Waals surface area (Å²) in [4.78, 5) is 15.6. The van der Waals surface area contributed by atoms with Gasteiger partial charge in [-0.15, -0.1) is 13.2 Å². The van der Waals surface area contributed by atoms with Crippen LogP contribution in [0.1, 0.15) is 29.2 Å². The molecule has 3 aromatic rings. The Kier molecular flexibility index (Phi) is 10.5. The van der Waals surface area contributed by atoms with Crippen LogP contribution in [0, 0.1) is 0 Å². The van der Waals surface area contributed by atoms with Crippen LogP contribution in [0.4, 0.5) is 0 Å². The molecule has 4 nitrogen and oxygen atoms in total. The van der Waals surface area contributed by atoms with E-state index in [1.165, 1.54) is 12.7 Å². The van der Waals surface area contributed by atoms with E-state index < -0.39 is 6.04 Å². The van der Waals surface area contributed by atoms with Crippen LogP contribution in [0.15, 0.2) is 116 Å². The summed E-state index contributed by atoms with van der Waals surface area (Å²) >= 11 is 0. The molecule has 1 N–H and O–H groups in total. The summed E-state index contributed by atoms with van der Waals surface area (Å²) in [6, 6.07) is 29.9. The van der Waals surface area contributed by atoms with Gasteiger partial charge in [0.2, 0.25) is 0 Å². The van der Waals surface area contributed by atoms with Crippen molar-refractivity contribution < 1.29 is 9.53 Å². The molecule has 0 radical (unpaired) electrons. The lowest BCUT2D eigenvalue weighted by atomic mass is 9.93. The number of ether oxygens (including phenoxy) is 1. The van der Waals surface area contributed by atoms with Gasteiger partial charge in [-0.2, -0.15) is 0 Å². The van der Waals surface area contributed by atoms with Crippen LogP contribution >= 0.6 is 0 Å². The molecule has 0 amide bonds. The van der Waals surface area contributed by atoms with E-state index in [-0.39, 0.29) is 18.1 Å². The Bertz CT molecular complexity index is 988. The van der Waals surface area contributed by atoms with Gasteiger partial charge in [0.1, 0.15) is 6.04 Å². The number of carbonyl (C=O) groups is 1. The second-order valence-electron chi connectivity index (χ2n) is 8.54. The molecule has 0 aliphatic heterocycles. The van der Waals surface area contributed by atoms with Crippen molar-refractivity contribution in [2.45, 2.75) is 31.0 Å². The van der Waals surface area contributed by atoms with E-state index >= 15 is 0 Å². The minimum Gasteiger partial charge on any atom is -0.468 e. The molecule has 182 valence electrons. The fraction of sp³-hybridized carbons (Fsp3) is 0.258. The van der Waals surface area contributed by atoms with Gasteiger partial charge in [-0.1, -0.05) is 103 Å². The van der Waals surface area contributed by atoms with E-state index in [4.69, 9.17) is 4.74 Å². The quantitative estimate of drug-likeness (QED) is 0.248. The van der Waals surface area contributed by atoms with Crippen molar-refractivity contribution in [1.29, 1.82) is 0 Å². The van der Waals surface area contributed by atoms with Crippen LogP contribution in [-0.4, -0.2) is 43.2 Å². The van der Waals surface area contributed by atoms with Crippen molar-refractivity contribution in [3.05, 3.63) is 133 Å². The molecule has 0 aliphatic carbocycles. The molecule has 4 heteroatoms. The second-order valence-corrected chi connectivity index (χ2v) is 8.54. The normalized spacial score (nSPS) is 12.8. The highest BCUT2D eigenvalue weighted by Gasteiger charge is 2.35. The average Bonchev–Trinajstić information content (AvgIpc) is 2.91. The number of benzene rings is 3. The van der Waals surface area contributed by atoms with Crippen molar-refractivity contribution in [1.82, 2.24) is 10.2 Å². The van der Waals surface area contributed by atoms with E-state index in [1.54, 1.807) is 0 Å². The maximum Gasteiger partial charge on any atom is 0.324 e. The fourth-order valence-electron chi connectivity index (χ4n) is 4.51. The summed E-state index contributed by atoms with van der Waals surface area (Å²) < 4.78 is 5.34. The zero-order chi connectivity index (χ0) is 24.9. The van der Waals surface area contributed by atoms with E-state index in [2.05, 4.69) is 59.8 Å². The zero-order valence-corrected chi connectivity index (χ0v) is 20.6. The maximum absolute atomic E-state index is 13.3. The van der Waals surface area contributed by atoms with Gasteiger partial charge in [-0.25, -0.2) is 0 Å². The predicted octanol–water partition coefficient (Wildman–Crippen LogP) is 5.58. The summed E-state index contributed by atoms with van der Waals surface area (Å²) in [5.41, 5.74) is 3.42.